The molecule has 1 saturated carbocycles. The molecule has 1 fully saturated rings. The number of ether oxygens (including phenoxy) is 1. The topological polar surface area (TPSA) is 35.2 Å². The average molecular weight is 205 g/mol. The first-order chi connectivity index (χ1) is 7.25. The molecule has 0 bridgehead atoms. The van der Waals surface area contributed by atoms with Crippen LogP contribution in [0.4, 0.5) is 0 Å². The third kappa shape index (κ3) is 2.72. The van der Waals surface area contributed by atoms with Crippen LogP contribution in [0.2, 0.25) is 0 Å². The van der Waals surface area contributed by atoms with Crippen LogP contribution in [0, 0.1) is 6.92 Å². The maximum absolute atomic E-state index is 6.03. The van der Waals surface area contributed by atoms with Gasteiger partial charge in [-0.25, -0.2) is 0 Å². The minimum absolute atomic E-state index is 0.208. The second kappa shape index (κ2) is 4.67. The highest BCUT2D eigenvalue weighted by Gasteiger charge is 2.23. The summed E-state index contributed by atoms with van der Waals surface area (Å²) >= 11 is 0. The van der Waals surface area contributed by atoms with E-state index in [1.165, 1.54) is 18.4 Å². The first kappa shape index (κ1) is 10.5. The van der Waals surface area contributed by atoms with Gasteiger partial charge < -0.3 is 10.5 Å². The number of nitrogens with two attached hydrogens (primary N) is 1. The Hall–Kier alpha value is -1.02. The van der Waals surface area contributed by atoms with Crippen molar-refractivity contribution in [1.82, 2.24) is 0 Å². The van der Waals surface area contributed by atoms with Gasteiger partial charge in [0.05, 0.1) is 0 Å². The summed E-state index contributed by atoms with van der Waals surface area (Å²) in [4.78, 5) is 0. The molecular weight excluding hydrogens is 186 g/mol. The van der Waals surface area contributed by atoms with Gasteiger partial charge in [-0.3, -0.25) is 0 Å². The largest absolute Gasteiger partial charge is 0.489 e. The molecule has 1 aliphatic rings. The molecule has 1 aromatic rings. The lowest BCUT2D eigenvalue weighted by Gasteiger charge is -2.29. The summed E-state index contributed by atoms with van der Waals surface area (Å²) in [6.07, 6.45) is 4.88. The molecule has 2 N–H and O–H groups in total. The van der Waals surface area contributed by atoms with E-state index in [9.17, 15) is 0 Å². The predicted octanol–water partition coefficient (Wildman–Crippen LogP) is 2.64. The van der Waals surface area contributed by atoms with E-state index in [0.29, 0.717) is 0 Å². The van der Waals surface area contributed by atoms with Gasteiger partial charge in [-0.15, -0.1) is 0 Å². The Kier molecular flexibility index (Phi) is 3.27. The van der Waals surface area contributed by atoms with Crippen molar-refractivity contribution in [1.29, 1.82) is 0 Å². The van der Waals surface area contributed by atoms with Crippen LogP contribution in [0.15, 0.2) is 24.3 Å². The lowest BCUT2D eigenvalue weighted by atomic mass is 9.93. The first-order valence-corrected chi connectivity index (χ1v) is 5.74. The third-order valence-electron chi connectivity index (χ3n) is 3.06. The SMILES string of the molecule is Cc1ccc(OC2CCCCC2N)cc1. The highest BCUT2D eigenvalue weighted by atomic mass is 16.5. The summed E-state index contributed by atoms with van der Waals surface area (Å²) in [6, 6.07) is 8.40. The fraction of sp³-hybridized carbons (Fsp3) is 0.538. The molecule has 0 radical (unpaired) electrons. The van der Waals surface area contributed by atoms with E-state index in [4.69, 9.17) is 10.5 Å². The van der Waals surface area contributed by atoms with Crippen molar-refractivity contribution < 1.29 is 4.74 Å². The molecule has 1 aromatic carbocycles. The molecule has 0 saturated heterocycles. The highest BCUT2D eigenvalue weighted by molar-refractivity contribution is 5.26. The molecule has 2 rings (SSSR count). The van der Waals surface area contributed by atoms with E-state index < -0.39 is 0 Å². The molecule has 0 heterocycles. The van der Waals surface area contributed by atoms with E-state index >= 15 is 0 Å². The van der Waals surface area contributed by atoms with Crippen molar-refractivity contribution in [2.75, 3.05) is 0 Å². The van der Waals surface area contributed by atoms with Crippen LogP contribution in [-0.2, 0) is 0 Å². The molecule has 0 spiro atoms. The van der Waals surface area contributed by atoms with Crippen molar-refractivity contribution in [2.24, 2.45) is 5.73 Å². The summed E-state index contributed by atoms with van der Waals surface area (Å²) in [7, 11) is 0. The van der Waals surface area contributed by atoms with Gasteiger partial charge in [0.1, 0.15) is 11.9 Å². The van der Waals surface area contributed by atoms with E-state index in [0.717, 1.165) is 18.6 Å². The molecular formula is C13H19NO. The smallest absolute Gasteiger partial charge is 0.119 e. The van der Waals surface area contributed by atoms with E-state index in [-0.39, 0.29) is 12.1 Å². The molecule has 2 unspecified atom stereocenters. The number of aryl methyl sites for hydroxylation is 1. The van der Waals surface area contributed by atoms with E-state index in [2.05, 4.69) is 19.1 Å². The second-order valence-electron chi connectivity index (χ2n) is 4.42. The lowest BCUT2D eigenvalue weighted by Crippen LogP contribution is -2.41. The summed E-state index contributed by atoms with van der Waals surface area (Å²) in [5.74, 6) is 0.947. The van der Waals surface area contributed by atoms with Crippen molar-refractivity contribution in [3.05, 3.63) is 29.8 Å². The predicted molar refractivity (Wildman–Crippen MR) is 62.0 cm³/mol. The highest BCUT2D eigenvalue weighted by Crippen LogP contribution is 2.22. The van der Waals surface area contributed by atoms with Gasteiger partial charge in [-0.2, -0.15) is 0 Å². The fourth-order valence-electron chi connectivity index (χ4n) is 2.06. The molecule has 2 nitrogen and oxygen atoms in total. The first-order valence-electron chi connectivity index (χ1n) is 5.74. The standard InChI is InChI=1S/C13H19NO/c1-10-6-8-11(9-7-10)15-13-5-3-2-4-12(13)14/h6-9,12-13H,2-5,14H2,1H3. The quantitative estimate of drug-likeness (QED) is 0.805. The Morgan fingerprint density at radius 2 is 1.80 bits per heavy atom. The van der Waals surface area contributed by atoms with Crippen LogP contribution < -0.4 is 10.5 Å². The van der Waals surface area contributed by atoms with Crippen LogP contribution in [0.5, 0.6) is 5.75 Å². The van der Waals surface area contributed by atoms with Crippen LogP contribution in [-0.4, -0.2) is 12.1 Å². The fourth-order valence-corrected chi connectivity index (χ4v) is 2.06. The maximum Gasteiger partial charge on any atom is 0.119 e. The summed E-state index contributed by atoms with van der Waals surface area (Å²) < 4.78 is 5.90. The van der Waals surface area contributed by atoms with Crippen molar-refractivity contribution in [3.8, 4) is 5.75 Å². The molecule has 0 aromatic heterocycles. The van der Waals surface area contributed by atoms with Crippen molar-refractivity contribution >= 4 is 0 Å². The Balaban J connectivity index is 1.98. The Labute approximate surface area is 91.4 Å². The van der Waals surface area contributed by atoms with Crippen LogP contribution >= 0.6 is 0 Å². The number of benzene rings is 1. The Morgan fingerprint density at radius 1 is 1.13 bits per heavy atom. The zero-order valence-corrected chi connectivity index (χ0v) is 9.28. The van der Waals surface area contributed by atoms with Crippen molar-refractivity contribution in [3.63, 3.8) is 0 Å². The van der Waals surface area contributed by atoms with Gasteiger partial charge in [0, 0.05) is 6.04 Å². The molecule has 2 atom stereocenters. The molecule has 0 amide bonds. The van der Waals surface area contributed by atoms with Crippen molar-refractivity contribution in [2.45, 2.75) is 44.8 Å². The van der Waals surface area contributed by atoms with Gasteiger partial charge in [0.25, 0.3) is 0 Å². The number of rotatable bonds is 2. The molecule has 1 aliphatic carbocycles. The van der Waals surface area contributed by atoms with E-state index in [1.807, 2.05) is 12.1 Å². The Morgan fingerprint density at radius 3 is 2.47 bits per heavy atom. The number of hydrogen-bond donors (Lipinski definition) is 1. The molecule has 82 valence electrons. The van der Waals surface area contributed by atoms with Gasteiger partial charge >= 0.3 is 0 Å². The van der Waals surface area contributed by atoms with Gasteiger partial charge in [0.15, 0.2) is 0 Å². The monoisotopic (exact) mass is 205 g/mol. The zero-order chi connectivity index (χ0) is 10.7. The number of hydrogen-bond acceptors (Lipinski definition) is 2. The molecule has 2 heteroatoms. The normalized spacial score (nSPS) is 26.3. The van der Waals surface area contributed by atoms with Crippen LogP contribution in [0.3, 0.4) is 0 Å². The summed E-state index contributed by atoms with van der Waals surface area (Å²) in [5.41, 5.74) is 7.29. The summed E-state index contributed by atoms with van der Waals surface area (Å²) in [5, 5.41) is 0. The maximum atomic E-state index is 6.03. The molecule has 0 aliphatic heterocycles. The van der Waals surface area contributed by atoms with Gasteiger partial charge in [0.2, 0.25) is 0 Å². The van der Waals surface area contributed by atoms with Crippen LogP contribution in [0.1, 0.15) is 31.2 Å². The third-order valence-corrected chi connectivity index (χ3v) is 3.06. The molecule has 15 heavy (non-hydrogen) atoms. The second-order valence-corrected chi connectivity index (χ2v) is 4.42. The van der Waals surface area contributed by atoms with Crippen LogP contribution in [0.25, 0.3) is 0 Å². The van der Waals surface area contributed by atoms with E-state index in [1.54, 1.807) is 0 Å². The Bertz CT molecular complexity index is 307. The minimum atomic E-state index is 0.208. The summed E-state index contributed by atoms with van der Waals surface area (Å²) in [6.45, 7) is 2.08. The van der Waals surface area contributed by atoms with Gasteiger partial charge in [-0.1, -0.05) is 24.1 Å². The zero-order valence-electron chi connectivity index (χ0n) is 9.28. The van der Waals surface area contributed by atoms with Gasteiger partial charge in [-0.05, 0) is 38.3 Å². The lowest BCUT2D eigenvalue weighted by molar-refractivity contribution is 0.132. The average Bonchev–Trinajstić information content (AvgIpc) is 2.25. The minimum Gasteiger partial charge on any atom is -0.489 e.